The van der Waals surface area contributed by atoms with Gasteiger partial charge >= 0.3 is 0 Å². The van der Waals surface area contributed by atoms with E-state index in [0.29, 0.717) is 12.8 Å². The minimum atomic E-state index is -1.29. The summed E-state index contributed by atoms with van der Waals surface area (Å²) in [5.41, 5.74) is 0. The van der Waals surface area contributed by atoms with Gasteiger partial charge < -0.3 is 25.7 Å². The molecule has 0 radical (unpaired) electrons. The van der Waals surface area contributed by atoms with Gasteiger partial charge in [-0.3, -0.25) is 4.79 Å². The lowest BCUT2D eigenvalue weighted by molar-refractivity contribution is -0.132. The fourth-order valence-electron chi connectivity index (χ4n) is 8.14. The molecule has 4 atom stereocenters. The molecule has 0 saturated heterocycles. The highest BCUT2D eigenvalue weighted by atomic mass is 16.3. The minimum Gasteiger partial charge on any atom is -0.394 e. The molecule has 354 valence electrons. The number of nitrogens with one attached hydrogen (secondary N) is 1. The highest BCUT2D eigenvalue weighted by molar-refractivity contribution is 5.80. The van der Waals surface area contributed by atoms with Crippen LogP contribution in [0.3, 0.4) is 0 Å². The number of carbonyl (C=O) groups is 1. The van der Waals surface area contributed by atoms with Crippen molar-refractivity contribution in [3.63, 3.8) is 0 Å². The first-order valence-corrected chi connectivity index (χ1v) is 26.4. The number of hydrogen-bond acceptors (Lipinski definition) is 5. The van der Waals surface area contributed by atoms with Gasteiger partial charge in [0, 0.05) is 0 Å². The van der Waals surface area contributed by atoms with Crippen LogP contribution in [0.25, 0.3) is 0 Å². The zero-order chi connectivity index (χ0) is 43.8. The molecule has 1 amide bonds. The lowest BCUT2D eigenvalue weighted by atomic mass is 10.00. The molecule has 0 heterocycles. The maximum Gasteiger partial charge on any atom is 0.249 e. The van der Waals surface area contributed by atoms with Gasteiger partial charge in [-0.05, 0) is 70.6 Å². The van der Waals surface area contributed by atoms with E-state index in [-0.39, 0.29) is 0 Å². The Balaban J connectivity index is 3.72. The van der Waals surface area contributed by atoms with E-state index in [1.807, 2.05) is 0 Å². The predicted octanol–water partition coefficient (Wildman–Crippen LogP) is 14.9. The summed E-state index contributed by atoms with van der Waals surface area (Å²) in [5.74, 6) is -0.599. The molecule has 0 aromatic carbocycles. The first kappa shape index (κ1) is 58.5. The van der Waals surface area contributed by atoms with E-state index in [1.165, 1.54) is 186 Å². The van der Waals surface area contributed by atoms with Crippen molar-refractivity contribution in [2.45, 2.75) is 295 Å². The summed E-state index contributed by atoms with van der Waals surface area (Å²) >= 11 is 0. The third kappa shape index (κ3) is 41.9. The fraction of sp³-hybridized carbons (Fsp3) is 0.870. The quantitative estimate of drug-likeness (QED) is 0.0309. The number of hydrogen-bond donors (Lipinski definition) is 5. The molecule has 0 aliphatic carbocycles. The number of allylic oxidation sites excluding steroid dienone is 6. The number of aliphatic hydroxyl groups is 4. The largest absolute Gasteiger partial charge is 0.394 e. The van der Waals surface area contributed by atoms with Crippen molar-refractivity contribution in [2.75, 3.05) is 6.61 Å². The van der Waals surface area contributed by atoms with Crippen LogP contribution in [0.5, 0.6) is 0 Å². The first-order chi connectivity index (χ1) is 29.5. The smallest absolute Gasteiger partial charge is 0.249 e. The van der Waals surface area contributed by atoms with Crippen molar-refractivity contribution in [2.24, 2.45) is 0 Å². The van der Waals surface area contributed by atoms with Gasteiger partial charge in [-0.25, -0.2) is 0 Å². The predicted molar refractivity (Wildman–Crippen MR) is 260 cm³/mol. The minimum absolute atomic E-state index is 0.351. The van der Waals surface area contributed by atoms with E-state index >= 15 is 0 Å². The Labute approximate surface area is 373 Å². The molecule has 0 aliphatic heterocycles. The van der Waals surface area contributed by atoms with Crippen LogP contribution in [0.1, 0.15) is 271 Å². The third-order valence-electron chi connectivity index (χ3n) is 12.3. The molecule has 0 saturated carbocycles. The third-order valence-corrected chi connectivity index (χ3v) is 12.3. The van der Waals surface area contributed by atoms with Gasteiger partial charge in [0.25, 0.3) is 0 Å². The van der Waals surface area contributed by atoms with E-state index in [2.05, 4.69) is 55.6 Å². The topological polar surface area (TPSA) is 110 Å². The second kappa shape index (κ2) is 48.6. The van der Waals surface area contributed by atoms with E-state index < -0.39 is 36.9 Å². The Kier molecular flexibility index (Phi) is 47.4. The Hall–Kier alpha value is -1.47. The number of rotatable bonds is 48. The Bertz CT molecular complexity index is 950. The summed E-state index contributed by atoms with van der Waals surface area (Å²) < 4.78 is 0. The molecule has 0 spiro atoms. The molecule has 0 rings (SSSR count). The van der Waals surface area contributed by atoms with Crippen LogP contribution in [-0.2, 0) is 4.79 Å². The molecule has 5 N–H and O–H groups in total. The summed E-state index contributed by atoms with van der Waals surface area (Å²) in [6, 6.07) is -1.01. The lowest BCUT2D eigenvalue weighted by Crippen LogP contribution is -2.53. The fourth-order valence-corrected chi connectivity index (χ4v) is 8.14. The van der Waals surface area contributed by atoms with Gasteiger partial charge in [-0.1, -0.05) is 237 Å². The molecular weight excluding hydrogens is 743 g/mol. The lowest BCUT2D eigenvalue weighted by Gasteiger charge is -2.27. The molecule has 0 aromatic heterocycles. The monoisotopic (exact) mass is 846 g/mol. The van der Waals surface area contributed by atoms with Gasteiger partial charge in [0.05, 0.1) is 18.8 Å². The van der Waals surface area contributed by atoms with Gasteiger partial charge in [0.1, 0.15) is 12.2 Å². The average molecular weight is 846 g/mol. The molecule has 6 heteroatoms. The van der Waals surface area contributed by atoms with Crippen LogP contribution in [-0.4, -0.2) is 57.3 Å². The maximum atomic E-state index is 12.6. The molecule has 0 aromatic rings. The van der Waals surface area contributed by atoms with Gasteiger partial charge in [0.2, 0.25) is 5.91 Å². The van der Waals surface area contributed by atoms with E-state index in [9.17, 15) is 25.2 Å². The van der Waals surface area contributed by atoms with Gasteiger partial charge in [-0.15, -0.1) is 0 Å². The summed E-state index contributed by atoms with van der Waals surface area (Å²) in [6.45, 7) is 4.06. The Morgan fingerprint density at radius 3 is 1.10 bits per heavy atom. The number of aliphatic hydroxyl groups excluding tert-OH is 4. The van der Waals surface area contributed by atoms with Crippen molar-refractivity contribution in [3.8, 4) is 0 Å². The Morgan fingerprint density at radius 2 is 0.733 bits per heavy atom. The van der Waals surface area contributed by atoms with Crippen LogP contribution in [0, 0.1) is 0 Å². The summed E-state index contributed by atoms with van der Waals surface area (Å²) in [7, 11) is 0. The van der Waals surface area contributed by atoms with Gasteiger partial charge in [0.15, 0.2) is 0 Å². The van der Waals surface area contributed by atoms with Crippen LogP contribution in [0.4, 0.5) is 0 Å². The molecule has 4 unspecified atom stereocenters. The van der Waals surface area contributed by atoms with E-state index in [0.717, 1.165) is 57.8 Å². The van der Waals surface area contributed by atoms with E-state index in [4.69, 9.17) is 0 Å². The number of unbranched alkanes of at least 4 members (excludes halogenated alkanes) is 33. The molecule has 0 aliphatic rings. The molecule has 60 heavy (non-hydrogen) atoms. The van der Waals surface area contributed by atoms with Crippen molar-refractivity contribution in [1.29, 1.82) is 0 Å². The van der Waals surface area contributed by atoms with Crippen molar-refractivity contribution in [3.05, 3.63) is 36.5 Å². The maximum absolute atomic E-state index is 12.6. The van der Waals surface area contributed by atoms with Crippen LogP contribution in [0.15, 0.2) is 36.5 Å². The Morgan fingerprint density at radius 1 is 0.417 bits per heavy atom. The van der Waals surface area contributed by atoms with Crippen molar-refractivity contribution >= 4 is 5.91 Å². The average Bonchev–Trinajstić information content (AvgIpc) is 3.25. The molecular formula is C54H103NO5. The van der Waals surface area contributed by atoms with Crippen LogP contribution < -0.4 is 5.32 Å². The van der Waals surface area contributed by atoms with Crippen molar-refractivity contribution in [1.82, 2.24) is 5.32 Å². The van der Waals surface area contributed by atoms with Crippen LogP contribution >= 0.6 is 0 Å². The standard InChI is InChI=1S/C54H103NO5/c1-3-5-7-9-11-13-15-17-19-21-23-25-27-29-31-33-35-37-39-41-43-45-47-51(57)53(59)50(49-56)55-54(60)52(58)48-46-44-42-40-38-36-34-32-30-28-26-24-22-20-18-16-14-12-10-8-6-4-2/h24,26,30,32,39,41,50-53,56-59H,3-23,25,27-29,31,33-38,40,42-49H2,1-2H3,(H,55,60)/b26-24-,32-30-,41-39+. The molecule has 0 bridgehead atoms. The second-order valence-electron chi connectivity index (χ2n) is 18.2. The summed E-state index contributed by atoms with van der Waals surface area (Å²) in [4.78, 5) is 12.6. The molecule has 6 nitrogen and oxygen atoms in total. The highest BCUT2D eigenvalue weighted by Gasteiger charge is 2.28. The normalized spacial score (nSPS) is 14.2. The SMILES string of the molecule is CCCCCCCCCCC/C=C\C/C=C\CCCCCCCCC(O)C(=O)NC(CO)C(O)C(O)CCC/C=C/CCCCCCCCCCCCCCCCCCC. The zero-order valence-corrected chi connectivity index (χ0v) is 40.0. The van der Waals surface area contributed by atoms with Gasteiger partial charge in [-0.2, -0.15) is 0 Å². The van der Waals surface area contributed by atoms with E-state index in [1.54, 1.807) is 0 Å². The highest BCUT2D eigenvalue weighted by Crippen LogP contribution is 2.16. The first-order valence-electron chi connectivity index (χ1n) is 26.4. The zero-order valence-electron chi connectivity index (χ0n) is 40.0. The second-order valence-corrected chi connectivity index (χ2v) is 18.2. The molecule has 0 fully saturated rings. The summed E-state index contributed by atoms with van der Waals surface area (Å²) in [5, 5.41) is 43.9. The van der Waals surface area contributed by atoms with Crippen LogP contribution in [0.2, 0.25) is 0 Å². The van der Waals surface area contributed by atoms with Crippen molar-refractivity contribution < 1.29 is 25.2 Å². The number of amides is 1. The summed E-state index contributed by atoms with van der Waals surface area (Å²) in [6.07, 6.45) is 59.1. The number of carbonyl (C=O) groups excluding carboxylic acids is 1.